The molecule has 0 unspecified atom stereocenters. The van der Waals surface area contributed by atoms with E-state index in [9.17, 15) is 9.18 Å². The molecule has 7 rings (SSSR count). The summed E-state index contributed by atoms with van der Waals surface area (Å²) in [7, 11) is 3.35. The molecule has 6 aromatic rings. The molecule has 1 aliphatic heterocycles. The van der Waals surface area contributed by atoms with Gasteiger partial charge in [0.1, 0.15) is 46.4 Å². The molecule has 0 saturated carbocycles. The summed E-state index contributed by atoms with van der Waals surface area (Å²) in [5.41, 5.74) is 4.91. The molecule has 5 aromatic heterocycles. The number of aryl methyl sites for hydroxylation is 1. The van der Waals surface area contributed by atoms with E-state index in [4.69, 9.17) is 19.6 Å². The quantitative estimate of drug-likeness (QED) is 0.149. The number of nitrogens with zero attached hydrogens (tertiary/aromatic N) is 7. The molecule has 13 heteroatoms. The van der Waals surface area contributed by atoms with Crippen molar-refractivity contribution in [1.29, 1.82) is 0 Å². The van der Waals surface area contributed by atoms with Gasteiger partial charge in [0.2, 0.25) is 5.91 Å². The van der Waals surface area contributed by atoms with Gasteiger partial charge in [-0.1, -0.05) is 6.58 Å². The first kappa shape index (κ1) is 29.7. The maximum atomic E-state index is 16.0. The number of methoxy groups -OCH3 is 1. The maximum Gasteiger partial charge on any atom is 0.246 e. The lowest BCUT2D eigenvalue weighted by Gasteiger charge is -2.33. The summed E-state index contributed by atoms with van der Waals surface area (Å²) in [6.45, 7) is 6.67. The van der Waals surface area contributed by atoms with Gasteiger partial charge in [0.15, 0.2) is 0 Å². The molecule has 0 bridgehead atoms. The number of rotatable bonds is 8. The van der Waals surface area contributed by atoms with Crippen LogP contribution in [-0.2, 0) is 29.7 Å². The second kappa shape index (κ2) is 11.7. The van der Waals surface area contributed by atoms with E-state index in [1.54, 1.807) is 15.8 Å². The number of benzene rings is 1. The third-order valence-corrected chi connectivity index (χ3v) is 8.96. The van der Waals surface area contributed by atoms with E-state index < -0.39 is 11.6 Å². The number of hydrogen-bond donors (Lipinski definition) is 0. The first-order chi connectivity index (χ1) is 22.2. The van der Waals surface area contributed by atoms with Gasteiger partial charge in [-0.15, -0.1) is 11.3 Å². The Hall–Kier alpha value is -5.01. The number of ether oxygens (including phenoxy) is 2. The lowest BCUT2D eigenvalue weighted by Crippen LogP contribution is -2.44. The van der Waals surface area contributed by atoms with Crippen molar-refractivity contribution < 1.29 is 23.0 Å². The number of hydrogen-bond acceptors (Lipinski definition) is 8. The van der Waals surface area contributed by atoms with E-state index in [1.807, 2.05) is 48.4 Å². The van der Waals surface area contributed by atoms with Crippen LogP contribution in [0.25, 0.3) is 54.9 Å². The van der Waals surface area contributed by atoms with Gasteiger partial charge in [0.25, 0.3) is 0 Å². The van der Waals surface area contributed by atoms with Crippen LogP contribution < -0.4 is 4.74 Å². The predicted octanol–water partition coefficient (Wildman–Crippen LogP) is 6.00. The number of pyridine rings is 2. The topological polar surface area (TPSA) is 100 Å². The first-order valence-electron chi connectivity index (χ1n) is 14.6. The van der Waals surface area contributed by atoms with Crippen LogP contribution >= 0.6 is 11.3 Å². The molecule has 46 heavy (non-hydrogen) atoms. The molecular formula is C33H29F2N7O3S. The Kier molecular flexibility index (Phi) is 7.57. The number of carbonyl (C=O) groups excluding carboxylic acids is 1. The summed E-state index contributed by atoms with van der Waals surface area (Å²) in [6.07, 6.45) is 4.87. The van der Waals surface area contributed by atoms with Crippen LogP contribution in [0, 0.1) is 11.6 Å². The van der Waals surface area contributed by atoms with Gasteiger partial charge >= 0.3 is 0 Å². The summed E-state index contributed by atoms with van der Waals surface area (Å²) in [4.78, 5) is 24.1. The Balaban J connectivity index is 1.49. The largest absolute Gasteiger partial charge is 0.490 e. The molecule has 0 spiro atoms. The molecule has 1 aromatic carbocycles. The summed E-state index contributed by atoms with van der Waals surface area (Å²) in [6, 6.07) is 7.58. The molecule has 0 radical (unpaired) electrons. The van der Waals surface area contributed by atoms with Crippen molar-refractivity contribution in [3.63, 3.8) is 0 Å². The highest BCUT2D eigenvalue weighted by atomic mass is 32.1. The normalized spacial score (nSPS) is 14.6. The highest BCUT2D eigenvalue weighted by Gasteiger charge is 2.30. The molecule has 0 aliphatic carbocycles. The molecule has 234 valence electrons. The highest BCUT2D eigenvalue weighted by Crippen LogP contribution is 2.47. The fourth-order valence-corrected chi connectivity index (χ4v) is 6.85. The average molecular weight is 642 g/mol. The highest BCUT2D eigenvalue weighted by molar-refractivity contribution is 7.18. The van der Waals surface area contributed by atoms with Crippen LogP contribution in [0.3, 0.4) is 0 Å². The number of aromatic nitrogens is 6. The Morgan fingerprint density at radius 3 is 2.78 bits per heavy atom. The van der Waals surface area contributed by atoms with E-state index in [0.717, 1.165) is 28.2 Å². The molecule has 0 saturated heterocycles. The van der Waals surface area contributed by atoms with Crippen molar-refractivity contribution in [2.45, 2.75) is 26.1 Å². The van der Waals surface area contributed by atoms with Gasteiger partial charge < -0.3 is 14.4 Å². The fourth-order valence-electron chi connectivity index (χ4n) is 5.90. The zero-order chi connectivity index (χ0) is 32.1. The minimum absolute atomic E-state index is 0.0250. The zero-order valence-corrected chi connectivity index (χ0v) is 26.1. The predicted molar refractivity (Wildman–Crippen MR) is 171 cm³/mol. The minimum Gasteiger partial charge on any atom is -0.490 e. The maximum absolute atomic E-state index is 16.0. The number of carbonyl (C=O) groups is 1. The van der Waals surface area contributed by atoms with Crippen LogP contribution in [0.2, 0.25) is 0 Å². The van der Waals surface area contributed by atoms with Crippen molar-refractivity contribution in [1.82, 2.24) is 34.4 Å². The van der Waals surface area contributed by atoms with E-state index in [2.05, 4.69) is 16.7 Å². The lowest BCUT2D eigenvalue weighted by atomic mass is 9.96. The molecule has 1 aliphatic rings. The summed E-state index contributed by atoms with van der Waals surface area (Å²) in [5, 5.41) is 12.1. The number of thiophene rings is 1. The Labute approximate surface area is 266 Å². The number of amides is 1. The number of halogens is 2. The van der Waals surface area contributed by atoms with E-state index in [-0.39, 0.29) is 36.5 Å². The first-order valence-corrected chi connectivity index (χ1v) is 15.5. The van der Waals surface area contributed by atoms with Crippen molar-refractivity contribution in [2.24, 2.45) is 7.05 Å². The average Bonchev–Trinajstić information content (AvgIpc) is 3.77. The van der Waals surface area contributed by atoms with E-state index in [1.165, 1.54) is 30.6 Å². The summed E-state index contributed by atoms with van der Waals surface area (Å²) < 4.78 is 45.9. The van der Waals surface area contributed by atoms with Crippen LogP contribution in [0.15, 0.2) is 60.8 Å². The molecular weight excluding hydrogens is 612 g/mol. The number of fused-ring (bicyclic) bond motifs is 3. The van der Waals surface area contributed by atoms with Crippen LogP contribution in [0.4, 0.5) is 8.78 Å². The SMILES string of the molecule is C=CC(=O)N1Cc2cc(-c3nc(-c4cnc5cn(C)nc5c4)c4ccsc4c3-c3c(F)cc(F)cc3OCCOC)nn2C[C@H]1C. The van der Waals surface area contributed by atoms with Gasteiger partial charge in [-0.2, -0.15) is 10.2 Å². The molecule has 10 nitrogen and oxygen atoms in total. The van der Waals surface area contributed by atoms with E-state index >= 15 is 4.39 Å². The van der Waals surface area contributed by atoms with Crippen molar-refractivity contribution >= 4 is 38.4 Å². The zero-order valence-electron chi connectivity index (χ0n) is 25.3. The monoisotopic (exact) mass is 641 g/mol. The fraction of sp³-hybridized carbons (Fsp3) is 0.242. The Morgan fingerprint density at radius 1 is 1.13 bits per heavy atom. The smallest absolute Gasteiger partial charge is 0.246 e. The van der Waals surface area contributed by atoms with Gasteiger partial charge in [-0.25, -0.2) is 13.8 Å². The lowest BCUT2D eigenvalue weighted by molar-refractivity contribution is -0.129. The van der Waals surface area contributed by atoms with Gasteiger partial charge in [0, 0.05) is 59.7 Å². The Bertz CT molecular complexity index is 2150. The van der Waals surface area contributed by atoms with Crippen molar-refractivity contribution in [3.8, 4) is 39.5 Å². The van der Waals surface area contributed by atoms with Gasteiger partial charge in [0.05, 0.1) is 42.8 Å². The molecule has 1 amide bonds. The van der Waals surface area contributed by atoms with Gasteiger partial charge in [-0.3, -0.25) is 19.1 Å². The van der Waals surface area contributed by atoms with Gasteiger partial charge in [-0.05, 0) is 36.6 Å². The second-order valence-electron chi connectivity index (χ2n) is 11.1. The second-order valence-corrected chi connectivity index (χ2v) is 12.0. The molecule has 0 N–H and O–H groups in total. The summed E-state index contributed by atoms with van der Waals surface area (Å²) in [5.74, 6) is -1.71. The molecule has 6 heterocycles. The third-order valence-electron chi connectivity index (χ3n) is 8.03. The van der Waals surface area contributed by atoms with Crippen LogP contribution in [-0.4, -0.2) is 66.7 Å². The molecule has 1 atom stereocenters. The standard InChI is InChI=1S/C33H29F2N7O3S/c1-5-28(43)41-16-21-13-25(39-42(21)15-18(41)2)32-30(29-23(35)11-20(34)12-27(29)45-8-7-44-4)33-22(6-9-46-33)31(37-32)19-10-24-26(36-14-19)17-40(3)38-24/h5-6,9-14,17-18H,1,7-8,15-16H2,2-4H3/t18-/m1/s1. The van der Waals surface area contributed by atoms with E-state index in [0.29, 0.717) is 46.0 Å². The van der Waals surface area contributed by atoms with Crippen molar-refractivity contribution in [2.75, 3.05) is 20.3 Å². The van der Waals surface area contributed by atoms with Crippen molar-refractivity contribution in [3.05, 3.63) is 78.1 Å². The van der Waals surface area contributed by atoms with Crippen LogP contribution in [0.5, 0.6) is 5.75 Å². The summed E-state index contributed by atoms with van der Waals surface area (Å²) >= 11 is 1.41. The minimum atomic E-state index is -0.796. The van der Waals surface area contributed by atoms with Crippen LogP contribution in [0.1, 0.15) is 12.6 Å². The third kappa shape index (κ3) is 5.11. The molecule has 0 fully saturated rings. The Morgan fingerprint density at radius 2 is 1.98 bits per heavy atom.